The van der Waals surface area contributed by atoms with Gasteiger partial charge in [-0.2, -0.15) is 0 Å². The van der Waals surface area contributed by atoms with Crippen LogP contribution < -0.4 is 5.73 Å². The third-order valence-electron chi connectivity index (χ3n) is 3.75. The fourth-order valence-electron chi connectivity index (χ4n) is 2.30. The zero-order valence-corrected chi connectivity index (χ0v) is 12.8. The van der Waals surface area contributed by atoms with Crippen molar-refractivity contribution in [2.45, 2.75) is 39.6 Å². The van der Waals surface area contributed by atoms with Crippen LogP contribution >= 0.6 is 0 Å². The number of nitrogens with two attached hydrogens (primary N) is 1. The Kier molecular flexibility index (Phi) is 5.37. The van der Waals surface area contributed by atoms with Crippen LogP contribution in [0.3, 0.4) is 0 Å². The number of nitrogens with zero attached hydrogens (tertiary/aromatic N) is 1. The van der Waals surface area contributed by atoms with Gasteiger partial charge in [-0.15, -0.1) is 0 Å². The van der Waals surface area contributed by atoms with Gasteiger partial charge in [-0.05, 0) is 36.6 Å². The van der Waals surface area contributed by atoms with Crippen LogP contribution in [0, 0.1) is 0 Å². The first-order valence-electron chi connectivity index (χ1n) is 7.36. The van der Waals surface area contributed by atoms with Crippen molar-refractivity contribution in [3.05, 3.63) is 65.2 Å². The van der Waals surface area contributed by atoms with E-state index in [1.54, 1.807) is 0 Å². The number of hydrogen-bond donors (Lipinski definition) is 2. The molecule has 0 aliphatic carbocycles. The van der Waals surface area contributed by atoms with Crippen LogP contribution in [0.25, 0.3) is 0 Å². The first-order valence-corrected chi connectivity index (χ1v) is 7.36. The molecule has 21 heavy (non-hydrogen) atoms. The van der Waals surface area contributed by atoms with Crippen molar-refractivity contribution in [2.24, 2.45) is 0 Å². The minimum Gasteiger partial charge on any atom is -0.398 e. The van der Waals surface area contributed by atoms with E-state index in [1.807, 2.05) is 30.3 Å². The molecular weight excluding hydrogens is 260 g/mol. The van der Waals surface area contributed by atoms with E-state index in [0.717, 1.165) is 29.9 Å². The molecule has 0 spiro atoms. The Morgan fingerprint density at radius 3 is 2.14 bits per heavy atom. The predicted molar refractivity (Wildman–Crippen MR) is 87.6 cm³/mol. The molecule has 0 heterocycles. The second-order valence-electron chi connectivity index (χ2n) is 5.67. The monoisotopic (exact) mass is 284 g/mol. The number of aliphatic hydroxyl groups is 1. The molecule has 0 amide bonds. The van der Waals surface area contributed by atoms with Crippen molar-refractivity contribution in [3.8, 4) is 0 Å². The van der Waals surface area contributed by atoms with Crippen molar-refractivity contribution in [1.29, 1.82) is 0 Å². The minimum atomic E-state index is 0.0920. The summed E-state index contributed by atoms with van der Waals surface area (Å²) >= 11 is 0. The summed E-state index contributed by atoms with van der Waals surface area (Å²) in [6.07, 6.45) is 0. The van der Waals surface area contributed by atoms with E-state index in [4.69, 9.17) is 10.8 Å². The Hall–Kier alpha value is -1.84. The first-order chi connectivity index (χ1) is 10.1. The molecular formula is C18H24N2O. The lowest BCUT2D eigenvalue weighted by Crippen LogP contribution is -2.30. The molecule has 0 bridgehead atoms. The lowest BCUT2D eigenvalue weighted by molar-refractivity contribution is 0.204. The average molecular weight is 284 g/mol. The topological polar surface area (TPSA) is 49.5 Å². The number of aliphatic hydroxyl groups excluding tert-OH is 1. The number of para-hydroxylation sites is 1. The van der Waals surface area contributed by atoms with E-state index in [0.29, 0.717) is 6.04 Å². The van der Waals surface area contributed by atoms with Gasteiger partial charge in [0.1, 0.15) is 0 Å². The fraction of sp³-hybridized carbons (Fsp3) is 0.333. The number of nitrogen functional groups attached to an aromatic ring is 1. The van der Waals surface area contributed by atoms with Gasteiger partial charge < -0.3 is 10.8 Å². The van der Waals surface area contributed by atoms with Gasteiger partial charge in [-0.1, -0.05) is 42.5 Å². The highest BCUT2D eigenvalue weighted by atomic mass is 16.3. The molecule has 0 saturated carbocycles. The standard InChI is InChI=1S/C18H24N2O/c1-14(2)20(12-17-5-3-4-6-18(17)19)11-15-7-9-16(13-21)10-8-15/h3-10,14,21H,11-13,19H2,1-2H3. The third kappa shape index (κ3) is 4.31. The van der Waals surface area contributed by atoms with Crippen LogP contribution in [0.5, 0.6) is 0 Å². The Balaban J connectivity index is 2.10. The lowest BCUT2D eigenvalue weighted by atomic mass is 10.1. The van der Waals surface area contributed by atoms with E-state index in [2.05, 4.69) is 36.9 Å². The molecule has 112 valence electrons. The molecule has 0 fully saturated rings. The zero-order valence-electron chi connectivity index (χ0n) is 12.8. The highest BCUT2D eigenvalue weighted by molar-refractivity contribution is 5.46. The quantitative estimate of drug-likeness (QED) is 0.801. The van der Waals surface area contributed by atoms with Crippen molar-refractivity contribution >= 4 is 5.69 Å². The van der Waals surface area contributed by atoms with E-state index in [9.17, 15) is 0 Å². The molecule has 3 heteroatoms. The summed E-state index contributed by atoms with van der Waals surface area (Å²) in [6.45, 7) is 6.20. The maximum absolute atomic E-state index is 9.10. The molecule has 0 radical (unpaired) electrons. The van der Waals surface area contributed by atoms with E-state index >= 15 is 0 Å². The predicted octanol–water partition coefficient (Wildman–Crippen LogP) is 3.17. The maximum Gasteiger partial charge on any atom is 0.0681 e. The maximum atomic E-state index is 9.10. The first kappa shape index (κ1) is 15.5. The molecule has 2 aromatic carbocycles. The summed E-state index contributed by atoms with van der Waals surface area (Å²) in [6, 6.07) is 16.6. The third-order valence-corrected chi connectivity index (χ3v) is 3.75. The highest BCUT2D eigenvalue weighted by Gasteiger charge is 2.12. The van der Waals surface area contributed by atoms with Gasteiger partial charge in [-0.3, -0.25) is 4.90 Å². The SMILES string of the molecule is CC(C)N(Cc1ccc(CO)cc1)Cc1ccccc1N. The Morgan fingerprint density at radius 1 is 0.952 bits per heavy atom. The number of anilines is 1. The normalized spacial score (nSPS) is 11.3. The minimum absolute atomic E-state index is 0.0920. The van der Waals surface area contributed by atoms with Gasteiger partial charge in [0.05, 0.1) is 6.61 Å². The summed E-state index contributed by atoms with van der Waals surface area (Å²) < 4.78 is 0. The molecule has 0 atom stereocenters. The van der Waals surface area contributed by atoms with Gasteiger partial charge in [-0.25, -0.2) is 0 Å². The molecule has 0 aromatic heterocycles. The van der Waals surface area contributed by atoms with Gasteiger partial charge in [0.15, 0.2) is 0 Å². The lowest BCUT2D eigenvalue weighted by Gasteiger charge is -2.27. The van der Waals surface area contributed by atoms with Crippen LogP contribution in [0.1, 0.15) is 30.5 Å². The summed E-state index contributed by atoms with van der Waals surface area (Å²) in [5.74, 6) is 0. The number of benzene rings is 2. The Morgan fingerprint density at radius 2 is 1.57 bits per heavy atom. The van der Waals surface area contributed by atoms with Crippen LogP contribution in [0.2, 0.25) is 0 Å². The van der Waals surface area contributed by atoms with E-state index < -0.39 is 0 Å². The molecule has 0 unspecified atom stereocenters. The van der Waals surface area contributed by atoms with Crippen molar-refractivity contribution < 1.29 is 5.11 Å². The molecule has 2 rings (SSSR count). The summed E-state index contributed by atoms with van der Waals surface area (Å²) in [5, 5.41) is 9.10. The highest BCUT2D eigenvalue weighted by Crippen LogP contribution is 2.18. The van der Waals surface area contributed by atoms with Crippen molar-refractivity contribution in [3.63, 3.8) is 0 Å². The van der Waals surface area contributed by atoms with Crippen molar-refractivity contribution in [2.75, 3.05) is 5.73 Å². The van der Waals surface area contributed by atoms with Gasteiger partial charge in [0, 0.05) is 24.8 Å². The summed E-state index contributed by atoms with van der Waals surface area (Å²) in [5.41, 5.74) is 10.2. The zero-order chi connectivity index (χ0) is 15.2. The second kappa shape index (κ2) is 7.25. The van der Waals surface area contributed by atoms with E-state index in [-0.39, 0.29) is 6.61 Å². The molecule has 2 aromatic rings. The molecule has 3 N–H and O–H groups in total. The van der Waals surface area contributed by atoms with Crippen LogP contribution in [-0.2, 0) is 19.7 Å². The van der Waals surface area contributed by atoms with Gasteiger partial charge in [0.25, 0.3) is 0 Å². The van der Waals surface area contributed by atoms with Gasteiger partial charge in [0.2, 0.25) is 0 Å². The number of hydrogen-bond acceptors (Lipinski definition) is 3. The smallest absolute Gasteiger partial charge is 0.0681 e. The molecule has 0 aliphatic rings. The second-order valence-corrected chi connectivity index (χ2v) is 5.67. The Bertz CT molecular complexity index is 564. The largest absolute Gasteiger partial charge is 0.398 e. The molecule has 3 nitrogen and oxygen atoms in total. The molecule has 0 aliphatic heterocycles. The fourth-order valence-corrected chi connectivity index (χ4v) is 2.30. The number of rotatable bonds is 6. The summed E-state index contributed by atoms with van der Waals surface area (Å²) in [4.78, 5) is 2.39. The van der Waals surface area contributed by atoms with Crippen molar-refractivity contribution in [1.82, 2.24) is 4.90 Å². The molecule has 0 saturated heterocycles. The van der Waals surface area contributed by atoms with Gasteiger partial charge >= 0.3 is 0 Å². The van der Waals surface area contributed by atoms with E-state index in [1.165, 1.54) is 5.56 Å². The average Bonchev–Trinajstić information content (AvgIpc) is 2.49. The van der Waals surface area contributed by atoms with Crippen LogP contribution in [-0.4, -0.2) is 16.0 Å². The van der Waals surface area contributed by atoms with Crippen LogP contribution in [0.15, 0.2) is 48.5 Å². The van der Waals surface area contributed by atoms with Crippen LogP contribution in [0.4, 0.5) is 5.69 Å². The summed E-state index contributed by atoms with van der Waals surface area (Å²) in [7, 11) is 0. The Labute approximate surface area is 127 Å².